The molecule has 1 atom stereocenters. The van der Waals surface area contributed by atoms with E-state index in [2.05, 4.69) is 10.3 Å². The van der Waals surface area contributed by atoms with Gasteiger partial charge >= 0.3 is 0 Å². The molecule has 0 bridgehead atoms. The Bertz CT molecular complexity index is 367. The average Bonchev–Trinajstić information content (AvgIpc) is 2.29. The van der Waals surface area contributed by atoms with Crippen LogP contribution in [0.3, 0.4) is 0 Å². The average molecular weight is 242 g/mol. The van der Waals surface area contributed by atoms with E-state index < -0.39 is 11.9 Å². The first-order valence-corrected chi connectivity index (χ1v) is 5.20. The third-order valence-electron chi connectivity index (χ3n) is 2.13. The molecule has 0 radical (unpaired) electrons. The summed E-state index contributed by atoms with van der Waals surface area (Å²) in [7, 11) is 1.50. The number of ether oxygens (including phenoxy) is 1. The number of halogens is 1. The molecule has 5 nitrogen and oxygen atoms in total. The van der Waals surface area contributed by atoms with Crippen LogP contribution in [0.2, 0.25) is 0 Å². The minimum atomic E-state index is -0.705. The first-order chi connectivity index (χ1) is 8.17. The van der Waals surface area contributed by atoms with Gasteiger partial charge in [0, 0.05) is 13.7 Å². The summed E-state index contributed by atoms with van der Waals surface area (Å²) in [5, 5.41) is 11.4. The molecule has 1 unspecified atom stereocenters. The van der Waals surface area contributed by atoms with E-state index in [1.165, 1.54) is 19.2 Å². The minimum Gasteiger partial charge on any atom is -0.396 e. The Labute approximate surface area is 98.6 Å². The lowest BCUT2D eigenvalue weighted by atomic mass is 10.2. The fraction of sp³-hybridized carbons (Fsp3) is 0.455. The number of methoxy groups -OCH3 is 1. The second kappa shape index (κ2) is 6.93. The molecule has 1 aromatic rings. The number of amides is 1. The Morgan fingerprint density at radius 3 is 3.00 bits per heavy atom. The third kappa shape index (κ3) is 4.46. The fourth-order valence-electron chi connectivity index (χ4n) is 1.35. The maximum Gasteiger partial charge on any atom is 0.270 e. The van der Waals surface area contributed by atoms with E-state index in [4.69, 9.17) is 9.84 Å². The number of nitrogens with zero attached hydrogens (tertiary/aromatic N) is 1. The lowest BCUT2D eigenvalue weighted by molar-refractivity contribution is 0.0872. The van der Waals surface area contributed by atoms with Crippen LogP contribution in [0.15, 0.2) is 18.2 Å². The van der Waals surface area contributed by atoms with Gasteiger partial charge in [0.25, 0.3) is 5.91 Å². The van der Waals surface area contributed by atoms with Crippen molar-refractivity contribution in [3.8, 4) is 0 Å². The van der Waals surface area contributed by atoms with Crippen LogP contribution in [-0.2, 0) is 4.74 Å². The summed E-state index contributed by atoms with van der Waals surface area (Å²) in [5.41, 5.74) is 0.00374. The molecule has 0 aliphatic heterocycles. The molecule has 0 aromatic carbocycles. The molecule has 1 aromatic heterocycles. The zero-order valence-electron chi connectivity index (χ0n) is 9.52. The van der Waals surface area contributed by atoms with Crippen LogP contribution in [0.1, 0.15) is 16.9 Å². The highest BCUT2D eigenvalue weighted by Gasteiger charge is 2.14. The van der Waals surface area contributed by atoms with Crippen LogP contribution < -0.4 is 5.32 Å². The van der Waals surface area contributed by atoms with Gasteiger partial charge in [0.05, 0.1) is 12.6 Å². The van der Waals surface area contributed by atoms with Crippen LogP contribution in [0.5, 0.6) is 0 Å². The number of carbonyl (C=O) groups excluding carboxylic acids is 1. The van der Waals surface area contributed by atoms with Crippen molar-refractivity contribution < 1.29 is 19.0 Å². The number of carbonyl (C=O) groups is 1. The van der Waals surface area contributed by atoms with Gasteiger partial charge in [-0.15, -0.1) is 0 Å². The van der Waals surface area contributed by atoms with Gasteiger partial charge in [-0.1, -0.05) is 6.07 Å². The van der Waals surface area contributed by atoms with Crippen molar-refractivity contribution in [1.29, 1.82) is 0 Å². The highest BCUT2D eigenvalue weighted by Crippen LogP contribution is 2.00. The van der Waals surface area contributed by atoms with Crippen molar-refractivity contribution in [2.24, 2.45) is 0 Å². The first-order valence-electron chi connectivity index (χ1n) is 5.20. The summed E-state index contributed by atoms with van der Waals surface area (Å²) >= 11 is 0. The van der Waals surface area contributed by atoms with Crippen LogP contribution in [-0.4, -0.2) is 42.4 Å². The van der Waals surface area contributed by atoms with Crippen LogP contribution >= 0.6 is 0 Å². The van der Waals surface area contributed by atoms with Gasteiger partial charge < -0.3 is 15.2 Å². The maximum atomic E-state index is 12.8. The minimum absolute atomic E-state index is 0.00374. The van der Waals surface area contributed by atoms with E-state index in [0.29, 0.717) is 6.42 Å². The number of hydrogen-bond donors (Lipinski definition) is 2. The third-order valence-corrected chi connectivity index (χ3v) is 2.13. The lowest BCUT2D eigenvalue weighted by Gasteiger charge is -2.16. The molecule has 17 heavy (non-hydrogen) atoms. The van der Waals surface area contributed by atoms with Gasteiger partial charge in [0.2, 0.25) is 5.95 Å². The monoisotopic (exact) mass is 242 g/mol. The number of aliphatic hydroxyl groups is 1. The number of pyridine rings is 1. The number of nitrogens with one attached hydrogen (secondary N) is 1. The number of aromatic nitrogens is 1. The molecule has 0 aliphatic carbocycles. The van der Waals surface area contributed by atoms with Crippen LogP contribution in [0.4, 0.5) is 4.39 Å². The van der Waals surface area contributed by atoms with Crippen LogP contribution in [0.25, 0.3) is 0 Å². The molecule has 0 saturated heterocycles. The van der Waals surface area contributed by atoms with E-state index in [-0.39, 0.29) is 24.9 Å². The lowest BCUT2D eigenvalue weighted by Crippen LogP contribution is -2.39. The summed E-state index contributed by atoms with van der Waals surface area (Å²) < 4.78 is 17.7. The summed E-state index contributed by atoms with van der Waals surface area (Å²) in [6.45, 7) is 0.215. The van der Waals surface area contributed by atoms with E-state index in [1.807, 2.05) is 0 Å². The molecule has 6 heteroatoms. The molecule has 0 aliphatic rings. The van der Waals surface area contributed by atoms with E-state index >= 15 is 0 Å². The Hall–Kier alpha value is -1.53. The Morgan fingerprint density at radius 1 is 1.65 bits per heavy atom. The summed E-state index contributed by atoms with van der Waals surface area (Å²) in [6.07, 6.45) is 0.370. The van der Waals surface area contributed by atoms with Gasteiger partial charge in [-0.3, -0.25) is 4.79 Å². The number of rotatable bonds is 6. The quantitative estimate of drug-likeness (QED) is 0.706. The van der Waals surface area contributed by atoms with E-state index in [9.17, 15) is 9.18 Å². The van der Waals surface area contributed by atoms with Crippen molar-refractivity contribution in [1.82, 2.24) is 10.3 Å². The maximum absolute atomic E-state index is 12.8. The predicted octanol–water partition coefficient (Wildman–Crippen LogP) is 0.348. The number of hydrogen-bond acceptors (Lipinski definition) is 4. The SMILES string of the molecule is COCC(CCO)NC(=O)c1cccc(F)n1. The molecule has 0 saturated carbocycles. The smallest absolute Gasteiger partial charge is 0.270 e. The van der Waals surface area contributed by atoms with Crippen molar-refractivity contribution >= 4 is 5.91 Å². The van der Waals surface area contributed by atoms with Crippen molar-refractivity contribution in [2.75, 3.05) is 20.3 Å². The molecule has 94 valence electrons. The molecule has 1 rings (SSSR count). The Morgan fingerprint density at radius 2 is 2.41 bits per heavy atom. The first kappa shape index (κ1) is 13.5. The van der Waals surface area contributed by atoms with Gasteiger partial charge in [-0.2, -0.15) is 4.39 Å². The fourth-order valence-corrected chi connectivity index (χ4v) is 1.35. The van der Waals surface area contributed by atoms with Gasteiger partial charge in [-0.25, -0.2) is 4.98 Å². The summed E-state index contributed by atoms with van der Waals surface area (Å²) in [5.74, 6) is -1.19. The normalized spacial score (nSPS) is 12.2. The van der Waals surface area contributed by atoms with E-state index in [1.54, 1.807) is 0 Å². The van der Waals surface area contributed by atoms with Crippen LogP contribution in [0, 0.1) is 5.95 Å². The topological polar surface area (TPSA) is 71.5 Å². The van der Waals surface area contributed by atoms with Crippen molar-refractivity contribution in [3.05, 3.63) is 29.8 Å². The molecule has 2 N–H and O–H groups in total. The second-order valence-corrected chi connectivity index (χ2v) is 3.48. The second-order valence-electron chi connectivity index (χ2n) is 3.48. The molecule has 1 amide bonds. The summed E-state index contributed by atoms with van der Waals surface area (Å²) in [6, 6.07) is 3.68. The molecule has 0 spiro atoms. The molecule has 1 heterocycles. The van der Waals surface area contributed by atoms with Crippen molar-refractivity contribution in [2.45, 2.75) is 12.5 Å². The highest BCUT2D eigenvalue weighted by atomic mass is 19.1. The van der Waals surface area contributed by atoms with Gasteiger partial charge in [0.15, 0.2) is 0 Å². The standard InChI is InChI=1S/C11H15FN2O3/c1-17-7-8(5-6-15)13-11(16)9-3-2-4-10(12)14-9/h2-4,8,15H,5-7H2,1H3,(H,13,16). The van der Waals surface area contributed by atoms with E-state index in [0.717, 1.165) is 6.07 Å². The zero-order chi connectivity index (χ0) is 12.7. The molecule has 0 fully saturated rings. The van der Waals surface area contributed by atoms with Gasteiger partial charge in [-0.05, 0) is 18.6 Å². The molecular formula is C11H15FN2O3. The summed E-state index contributed by atoms with van der Waals surface area (Å²) in [4.78, 5) is 15.1. The largest absolute Gasteiger partial charge is 0.396 e. The predicted molar refractivity (Wildman–Crippen MR) is 59.0 cm³/mol. The van der Waals surface area contributed by atoms with Gasteiger partial charge in [0.1, 0.15) is 5.69 Å². The van der Waals surface area contributed by atoms with Crippen molar-refractivity contribution in [3.63, 3.8) is 0 Å². The Kier molecular flexibility index (Phi) is 5.51. The number of aliphatic hydroxyl groups excluding tert-OH is 1. The highest BCUT2D eigenvalue weighted by molar-refractivity contribution is 5.92. The molecular weight excluding hydrogens is 227 g/mol. The Balaban J connectivity index is 2.63. The zero-order valence-corrected chi connectivity index (χ0v) is 9.52.